The van der Waals surface area contributed by atoms with Gasteiger partial charge in [0.25, 0.3) is 0 Å². The normalized spacial score (nSPS) is 49.6. The summed E-state index contributed by atoms with van der Waals surface area (Å²) in [6.45, 7) is 0.319. The van der Waals surface area contributed by atoms with Crippen LogP contribution in [-0.2, 0) is 0 Å². The zero-order chi connectivity index (χ0) is 7.84. The second-order valence-corrected chi connectivity index (χ2v) is 4.11. The highest BCUT2D eigenvalue weighted by Crippen LogP contribution is 2.44. The van der Waals surface area contributed by atoms with Crippen LogP contribution in [0.25, 0.3) is 0 Å². The molecule has 0 aliphatic heterocycles. The van der Waals surface area contributed by atoms with Crippen LogP contribution in [0.5, 0.6) is 0 Å². The SMILES string of the molecule is OCC1CC2CCC(C1)C2O. The molecule has 2 nitrogen and oxygen atoms in total. The van der Waals surface area contributed by atoms with Gasteiger partial charge in [-0.15, -0.1) is 0 Å². The first-order valence-corrected chi connectivity index (χ1v) is 4.60. The average Bonchev–Trinajstić information content (AvgIpc) is 2.26. The molecule has 0 radical (unpaired) electrons. The molecule has 2 atom stereocenters. The van der Waals surface area contributed by atoms with Gasteiger partial charge in [0, 0.05) is 6.61 Å². The van der Waals surface area contributed by atoms with E-state index in [-0.39, 0.29) is 6.10 Å². The quantitative estimate of drug-likeness (QED) is 0.589. The van der Waals surface area contributed by atoms with Crippen molar-refractivity contribution >= 4 is 0 Å². The fourth-order valence-corrected chi connectivity index (χ4v) is 2.77. The van der Waals surface area contributed by atoms with Crippen molar-refractivity contribution < 1.29 is 10.2 Å². The average molecular weight is 156 g/mol. The predicted octanol–water partition coefficient (Wildman–Crippen LogP) is 0.776. The van der Waals surface area contributed by atoms with Gasteiger partial charge < -0.3 is 10.2 Å². The Morgan fingerprint density at radius 1 is 1.09 bits per heavy atom. The minimum Gasteiger partial charge on any atom is -0.396 e. The third-order valence-corrected chi connectivity index (χ3v) is 3.40. The van der Waals surface area contributed by atoms with E-state index in [1.54, 1.807) is 0 Å². The molecule has 11 heavy (non-hydrogen) atoms. The van der Waals surface area contributed by atoms with Crippen LogP contribution in [0.1, 0.15) is 25.7 Å². The van der Waals surface area contributed by atoms with Gasteiger partial charge in [-0.2, -0.15) is 0 Å². The molecule has 0 aromatic carbocycles. The Bertz CT molecular complexity index is 132. The van der Waals surface area contributed by atoms with E-state index in [0.717, 1.165) is 12.8 Å². The molecule has 2 fully saturated rings. The summed E-state index contributed by atoms with van der Waals surface area (Å²) in [7, 11) is 0. The second kappa shape index (κ2) is 2.76. The molecule has 2 N–H and O–H groups in total. The Morgan fingerprint density at radius 3 is 2.09 bits per heavy atom. The van der Waals surface area contributed by atoms with Crippen LogP contribution in [0.15, 0.2) is 0 Å². The maximum absolute atomic E-state index is 9.64. The van der Waals surface area contributed by atoms with E-state index in [9.17, 15) is 5.11 Å². The van der Waals surface area contributed by atoms with Gasteiger partial charge in [-0.05, 0) is 43.4 Å². The zero-order valence-corrected chi connectivity index (χ0v) is 6.74. The largest absolute Gasteiger partial charge is 0.396 e. The first kappa shape index (κ1) is 7.56. The van der Waals surface area contributed by atoms with E-state index in [2.05, 4.69) is 0 Å². The van der Waals surface area contributed by atoms with Gasteiger partial charge in [0.2, 0.25) is 0 Å². The minimum atomic E-state index is -0.0437. The standard InChI is InChI=1S/C9H16O2/c10-5-6-3-7-1-2-8(4-6)9(7)11/h6-11H,1-5H2. The van der Waals surface area contributed by atoms with E-state index in [0.29, 0.717) is 24.4 Å². The lowest BCUT2D eigenvalue weighted by Crippen LogP contribution is -2.31. The van der Waals surface area contributed by atoms with Crippen LogP contribution in [0, 0.1) is 17.8 Å². The lowest BCUT2D eigenvalue weighted by atomic mass is 9.79. The van der Waals surface area contributed by atoms with Crippen LogP contribution in [-0.4, -0.2) is 22.9 Å². The summed E-state index contributed by atoms with van der Waals surface area (Å²) in [6.07, 6.45) is 4.42. The number of hydrogen-bond acceptors (Lipinski definition) is 2. The summed E-state index contributed by atoms with van der Waals surface area (Å²) >= 11 is 0. The molecule has 0 spiro atoms. The lowest BCUT2D eigenvalue weighted by Gasteiger charge is -2.30. The Labute approximate surface area is 67.2 Å². The van der Waals surface area contributed by atoms with Crippen molar-refractivity contribution in [2.75, 3.05) is 6.61 Å². The molecule has 2 aliphatic carbocycles. The van der Waals surface area contributed by atoms with Crippen molar-refractivity contribution in [1.82, 2.24) is 0 Å². The highest BCUT2D eigenvalue weighted by Gasteiger charge is 2.41. The van der Waals surface area contributed by atoms with Gasteiger partial charge in [-0.1, -0.05) is 0 Å². The highest BCUT2D eigenvalue weighted by molar-refractivity contribution is 4.91. The summed E-state index contributed by atoms with van der Waals surface area (Å²) in [4.78, 5) is 0. The summed E-state index contributed by atoms with van der Waals surface area (Å²) in [5, 5.41) is 18.6. The smallest absolute Gasteiger partial charge is 0.0596 e. The Hall–Kier alpha value is -0.0800. The van der Waals surface area contributed by atoms with Crippen LogP contribution in [0.4, 0.5) is 0 Å². The molecule has 2 bridgehead atoms. The van der Waals surface area contributed by atoms with E-state index in [1.165, 1.54) is 12.8 Å². The topological polar surface area (TPSA) is 40.5 Å². The van der Waals surface area contributed by atoms with Crippen molar-refractivity contribution in [3.8, 4) is 0 Å². The van der Waals surface area contributed by atoms with Gasteiger partial charge in [-0.3, -0.25) is 0 Å². The number of rotatable bonds is 1. The second-order valence-electron chi connectivity index (χ2n) is 4.11. The number of aliphatic hydroxyl groups excluding tert-OH is 2. The maximum Gasteiger partial charge on any atom is 0.0596 e. The van der Waals surface area contributed by atoms with Gasteiger partial charge in [0.15, 0.2) is 0 Å². The molecule has 2 saturated carbocycles. The molecule has 2 rings (SSSR count). The first-order chi connectivity index (χ1) is 5.31. The van der Waals surface area contributed by atoms with Crippen LogP contribution < -0.4 is 0 Å². The number of hydrogen-bond donors (Lipinski definition) is 2. The van der Waals surface area contributed by atoms with Crippen LogP contribution >= 0.6 is 0 Å². The van der Waals surface area contributed by atoms with Crippen molar-refractivity contribution in [3.05, 3.63) is 0 Å². The molecule has 0 aromatic heterocycles. The molecule has 2 heteroatoms. The Balaban J connectivity index is 2.02. The zero-order valence-electron chi connectivity index (χ0n) is 6.74. The van der Waals surface area contributed by atoms with Gasteiger partial charge in [0.1, 0.15) is 0 Å². The monoisotopic (exact) mass is 156 g/mol. The van der Waals surface area contributed by atoms with E-state index < -0.39 is 0 Å². The van der Waals surface area contributed by atoms with Crippen molar-refractivity contribution in [3.63, 3.8) is 0 Å². The van der Waals surface area contributed by atoms with Gasteiger partial charge in [-0.25, -0.2) is 0 Å². The molecule has 0 aromatic rings. The lowest BCUT2D eigenvalue weighted by molar-refractivity contribution is 0.0238. The first-order valence-electron chi connectivity index (χ1n) is 4.60. The van der Waals surface area contributed by atoms with Crippen molar-refractivity contribution in [2.45, 2.75) is 31.8 Å². The van der Waals surface area contributed by atoms with E-state index >= 15 is 0 Å². The highest BCUT2D eigenvalue weighted by atomic mass is 16.3. The summed E-state index contributed by atoms with van der Waals surface area (Å²) in [5.74, 6) is 1.49. The van der Waals surface area contributed by atoms with Gasteiger partial charge >= 0.3 is 0 Å². The molecule has 0 amide bonds. The third-order valence-electron chi connectivity index (χ3n) is 3.40. The molecular formula is C9H16O2. The molecular weight excluding hydrogens is 140 g/mol. The number of aliphatic hydroxyl groups is 2. The van der Waals surface area contributed by atoms with E-state index in [1.807, 2.05) is 0 Å². The van der Waals surface area contributed by atoms with Crippen molar-refractivity contribution in [1.29, 1.82) is 0 Å². The minimum absolute atomic E-state index is 0.0437. The Kier molecular flexibility index (Phi) is 1.90. The molecule has 2 unspecified atom stereocenters. The van der Waals surface area contributed by atoms with Crippen LogP contribution in [0.3, 0.4) is 0 Å². The number of fused-ring (bicyclic) bond motifs is 2. The summed E-state index contributed by atoms with van der Waals surface area (Å²) in [5.41, 5.74) is 0. The molecule has 2 aliphatic rings. The van der Waals surface area contributed by atoms with Crippen molar-refractivity contribution in [2.24, 2.45) is 17.8 Å². The molecule has 64 valence electrons. The predicted molar refractivity (Wildman–Crippen MR) is 42.0 cm³/mol. The van der Waals surface area contributed by atoms with Crippen LogP contribution in [0.2, 0.25) is 0 Å². The Morgan fingerprint density at radius 2 is 1.64 bits per heavy atom. The third kappa shape index (κ3) is 1.18. The van der Waals surface area contributed by atoms with E-state index in [4.69, 9.17) is 5.11 Å². The maximum atomic E-state index is 9.64. The summed E-state index contributed by atoms with van der Waals surface area (Å²) in [6, 6.07) is 0. The van der Waals surface area contributed by atoms with Gasteiger partial charge in [0.05, 0.1) is 6.10 Å². The fourth-order valence-electron chi connectivity index (χ4n) is 2.77. The fraction of sp³-hybridized carbons (Fsp3) is 1.00. The summed E-state index contributed by atoms with van der Waals surface area (Å²) < 4.78 is 0. The molecule has 0 saturated heterocycles. The molecule has 0 heterocycles.